The molecule has 0 saturated heterocycles. The van der Waals surface area contributed by atoms with Crippen molar-refractivity contribution in [1.82, 2.24) is 0 Å². The number of hydrogen-bond acceptors (Lipinski definition) is 3. The molecule has 2 rings (SSSR count). The maximum atomic E-state index is 12.1. The van der Waals surface area contributed by atoms with E-state index < -0.39 is 0 Å². The minimum atomic E-state index is -0.133. The standard InChI is InChI=1S/C16H13N3O2/c1-21-16-5-3-2-4-14(16)15(20)11-8-12-6-9-13(10-7-12)18-19-17/h2-11H,1H3. The third-order valence-corrected chi connectivity index (χ3v) is 2.85. The van der Waals surface area contributed by atoms with Crippen LogP contribution in [-0.4, -0.2) is 12.9 Å². The van der Waals surface area contributed by atoms with Crippen LogP contribution in [0, 0.1) is 0 Å². The van der Waals surface area contributed by atoms with Crippen molar-refractivity contribution >= 4 is 17.5 Å². The zero-order valence-electron chi connectivity index (χ0n) is 11.4. The Hall–Kier alpha value is -3.04. The van der Waals surface area contributed by atoms with E-state index in [2.05, 4.69) is 10.0 Å². The lowest BCUT2D eigenvalue weighted by Crippen LogP contribution is -1.98. The molecule has 2 aromatic rings. The molecule has 0 heterocycles. The van der Waals surface area contributed by atoms with Gasteiger partial charge in [-0.15, -0.1) is 0 Å². The van der Waals surface area contributed by atoms with Gasteiger partial charge in [-0.25, -0.2) is 0 Å². The van der Waals surface area contributed by atoms with Gasteiger partial charge in [0.15, 0.2) is 5.78 Å². The summed E-state index contributed by atoms with van der Waals surface area (Å²) in [4.78, 5) is 14.8. The second-order valence-electron chi connectivity index (χ2n) is 4.18. The van der Waals surface area contributed by atoms with E-state index in [1.54, 1.807) is 48.5 Å². The third-order valence-electron chi connectivity index (χ3n) is 2.85. The topological polar surface area (TPSA) is 75.1 Å². The first kappa shape index (κ1) is 14.4. The van der Waals surface area contributed by atoms with Crippen LogP contribution >= 0.6 is 0 Å². The van der Waals surface area contributed by atoms with Crippen LogP contribution in [0.15, 0.2) is 59.7 Å². The number of carbonyl (C=O) groups is 1. The van der Waals surface area contributed by atoms with Crippen molar-refractivity contribution in [3.63, 3.8) is 0 Å². The van der Waals surface area contributed by atoms with Crippen molar-refractivity contribution in [1.29, 1.82) is 0 Å². The van der Waals surface area contributed by atoms with E-state index in [0.29, 0.717) is 17.0 Å². The molecule has 104 valence electrons. The van der Waals surface area contributed by atoms with Crippen molar-refractivity contribution in [2.75, 3.05) is 7.11 Å². The summed E-state index contributed by atoms with van der Waals surface area (Å²) in [5.41, 5.74) is 10.2. The van der Waals surface area contributed by atoms with Crippen LogP contribution in [0.1, 0.15) is 15.9 Å². The van der Waals surface area contributed by atoms with Crippen LogP contribution < -0.4 is 4.74 Å². The third kappa shape index (κ3) is 3.72. The van der Waals surface area contributed by atoms with E-state index in [-0.39, 0.29) is 5.78 Å². The minimum absolute atomic E-state index is 0.133. The van der Waals surface area contributed by atoms with Crippen molar-refractivity contribution < 1.29 is 9.53 Å². The van der Waals surface area contributed by atoms with E-state index in [1.165, 1.54) is 13.2 Å². The minimum Gasteiger partial charge on any atom is -0.496 e. The zero-order valence-corrected chi connectivity index (χ0v) is 11.4. The molecule has 21 heavy (non-hydrogen) atoms. The summed E-state index contributed by atoms with van der Waals surface area (Å²) < 4.78 is 5.16. The molecule has 2 aromatic carbocycles. The normalized spacial score (nSPS) is 10.1. The summed E-state index contributed by atoms with van der Waals surface area (Å²) in [5, 5.41) is 3.49. The van der Waals surface area contributed by atoms with Crippen LogP contribution in [0.3, 0.4) is 0 Å². The SMILES string of the molecule is COc1ccccc1C(=O)C=Cc1ccc(N=[N+]=[N-])cc1. The Balaban J connectivity index is 2.16. The van der Waals surface area contributed by atoms with Crippen LogP contribution in [-0.2, 0) is 0 Å². The predicted molar refractivity (Wildman–Crippen MR) is 81.6 cm³/mol. The number of rotatable bonds is 5. The summed E-state index contributed by atoms with van der Waals surface area (Å²) >= 11 is 0. The number of methoxy groups -OCH3 is 1. The molecule has 0 aliphatic rings. The van der Waals surface area contributed by atoms with Crippen molar-refractivity contribution in [2.45, 2.75) is 0 Å². The van der Waals surface area contributed by atoms with Gasteiger partial charge in [-0.1, -0.05) is 47.6 Å². The fourth-order valence-corrected chi connectivity index (χ4v) is 1.81. The Morgan fingerprint density at radius 3 is 2.57 bits per heavy atom. The van der Waals surface area contributed by atoms with E-state index in [1.807, 2.05) is 6.07 Å². The van der Waals surface area contributed by atoms with Gasteiger partial charge in [0.2, 0.25) is 0 Å². The first-order chi connectivity index (χ1) is 10.2. The smallest absolute Gasteiger partial charge is 0.189 e. The fraction of sp³-hybridized carbons (Fsp3) is 0.0625. The van der Waals surface area contributed by atoms with Crippen LogP contribution in [0.2, 0.25) is 0 Å². The molecule has 0 saturated carbocycles. The van der Waals surface area contributed by atoms with Crippen molar-refractivity contribution in [3.05, 3.63) is 76.2 Å². The lowest BCUT2D eigenvalue weighted by molar-refractivity contribution is 0.104. The molecule has 5 heteroatoms. The van der Waals surface area contributed by atoms with Crippen molar-refractivity contribution in [2.24, 2.45) is 5.11 Å². The maximum absolute atomic E-state index is 12.1. The van der Waals surface area contributed by atoms with Gasteiger partial charge in [-0.05, 0) is 29.3 Å². The highest BCUT2D eigenvalue weighted by molar-refractivity contribution is 6.08. The number of carbonyl (C=O) groups excluding carboxylic acids is 1. The molecule has 0 fully saturated rings. The summed E-state index contributed by atoms with van der Waals surface area (Å²) in [6.45, 7) is 0. The molecule has 0 unspecified atom stereocenters. The van der Waals surface area contributed by atoms with Crippen LogP contribution in [0.25, 0.3) is 16.5 Å². The lowest BCUT2D eigenvalue weighted by atomic mass is 10.1. The predicted octanol–water partition coefficient (Wildman–Crippen LogP) is 4.53. The zero-order chi connectivity index (χ0) is 15.1. The highest BCUT2D eigenvalue weighted by atomic mass is 16.5. The Kier molecular flexibility index (Phi) is 4.75. The number of allylic oxidation sites excluding steroid dienone is 1. The molecule has 0 spiro atoms. The quantitative estimate of drug-likeness (QED) is 0.265. The van der Waals surface area contributed by atoms with Gasteiger partial charge in [0.25, 0.3) is 0 Å². The van der Waals surface area contributed by atoms with Crippen LogP contribution in [0.5, 0.6) is 5.75 Å². The number of azide groups is 1. The van der Waals surface area contributed by atoms with Crippen LogP contribution in [0.4, 0.5) is 5.69 Å². The van der Waals surface area contributed by atoms with Gasteiger partial charge >= 0.3 is 0 Å². The van der Waals surface area contributed by atoms with Gasteiger partial charge in [0.1, 0.15) is 5.75 Å². The van der Waals surface area contributed by atoms with E-state index in [0.717, 1.165) is 5.56 Å². The first-order valence-corrected chi connectivity index (χ1v) is 6.25. The number of para-hydroxylation sites is 1. The molecule has 0 aliphatic carbocycles. The molecular weight excluding hydrogens is 266 g/mol. The summed E-state index contributed by atoms with van der Waals surface area (Å²) in [5.74, 6) is 0.414. The molecule has 5 nitrogen and oxygen atoms in total. The Morgan fingerprint density at radius 1 is 1.19 bits per heavy atom. The Labute approximate surface area is 122 Å². The van der Waals surface area contributed by atoms with E-state index in [4.69, 9.17) is 10.3 Å². The molecular formula is C16H13N3O2. The number of ether oxygens (including phenoxy) is 1. The van der Waals surface area contributed by atoms with Gasteiger partial charge in [0, 0.05) is 10.6 Å². The molecule has 0 radical (unpaired) electrons. The van der Waals surface area contributed by atoms with Gasteiger partial charge < -0.3 is 4.74 Å². The average Bonchev–Trinajstić information content (AvgIpc) is 2.54. The van der Waals surface area contributed by atoms with Gasteiger partial charge in [-0.2, -0.15) is 0 Å². The Morgan fingerprint density at radius 2 is 1.90 bits per heavy atom. The van der Waals surface area contributed by atoms with E-state index in [9.17, 15) is 4.79 Å². The number of nitrogens with zero attached hydrogens (tertiary/aromatic N) is 3. The second kappa shape index (κ2) is 6.93. The molecule has 0 aliphatic heterocycles. The molecule has 0 atom stereocenters. The average molecular weight is 279 g/mol. The van der Waals surface area contributed by atoms with Gasteiger partial charge in [-0.3, -0.25) is 4.79 Å². The Bertz CT molecular complexity index is 715. The highest BCUT2D eigenvalue weighted by Gasteiger charge is 2.07. The van der Waals surface area contributed by atoms with Gasteiger partial charge in [0.05, 0.1) is 12.7 Å². The monoisotopic (exact) mass is 279 g/mol. The summed E-state index contributed by atoms with van der Waals surface area (Å²) in [7, 11) is 1.53. The van der Waals surface area contributed by atoms with E-state index >= 15 is 0 Å². The summed E-state index contributed by atoms with van der Waals surface area (Å²) in [6, 6.07) is 14.0. The fourth-order valence-electron chi connectivity index (χ4n) is 1.81. The molecule has 0 N–H and O–H groups in total. The lowest BCUT2D eigenvalue weighted by Gasteiger charge is -2.04. The largest absolute Gasteiger partial charge is 0.496 e. The molecule has 0 amide bonds. The maximum Gasteiger partial charge on any atom is 0.189 e. The number of ketones is 1. The summed E-state index contributed by atoms with van der Waals surface area (Å²) in [6.07, 6.45) is 3.19. The molecule has 0 aromatic heterocycles. The second-order valence-corrected chi connectivity index (χ2v) is 4.18. The highest BCUT2D eigenvalue weighted by Crippen LogP contribution is 2.19. The molecule has 0 bridgehead atoms. The number of benzene rings is 2. The first-order valence-electron chi connectivity index (χ1n) is 6.25. The number of hydrogen-bond donors (Lipinski definition) is 0. The van der Waals surface area contributed by atoms with Crippen molar-refractivity contribution in [3.8, 4) is 5.75 Å².